The summed E-state index contributed by atoms with van der Waals surface area (Å²) in [4.78, 5) is 12.5. The third-order valence-electron chi connectivity index (χ3n) is 4.33. The highest BCUT2D eigenvalue weighted by Gasteiger charge is 2.13. The van der Waals surface area contributed by atoms with Crippen LogP contribution in [0, 0.1) is 9.39 Å². The molecule has 166 valence electrons. The zero-order valence-electron chi connectivity index (χ0n) is 17.2. The number of ether oxygens (including phenoxy) is 3. The van der Waals surface area contributed by atoms with E-state index < -0.39 is 5.91 Å². The number of carbonyl (C=O) groups excluding carboxylic acids is 1. The van der Waals surface area contributed by atoms with Crippen molar-refractivity contribution in [2.45, 2.75) is 6.61 Å². The molecule has 9 heteroatoms. The molecule has 0 saturated heterocycles. The number of hydrogen-bond donors (Lipinski definition) is 1. The number of hydrazone groups is 1. The lowest BCUT2D eigenvalue weighted by Gasteiger charge is -2.13. The number of nitrogens with zero attached hydrogens (tertiary/aromatic N) is 1. The Morgan fingerprint density at radius 3 is 2.50 bits per heavy atom. The van der Waals surface area contributed by atoms with Gasteiger partial charge in [0.05, 0.1) is 29.6 Å². The molecule has 0 fully saturated rings. The monoisotopic (exact) mass is 612 g/mol. The quantitative estimate of drug-likeness (QED) is 0.206. The van der Waals surface area contributed by atoms with Crippen LogP contribution >= 0.6 is 38.5 Å². The standard InChI is InChI=1S/C23H19BrFIN2O4/c1-30-20-8-5-16(24)11-18(20)23(29)28-27-12-15-9-19(26)22(21(10-15)31-2)32-13-14-3-6-17(25)7-4-14/h3-12H,13H2,1-2H3,(H,28,29)/b27-12-. The Morgan fingerprint density at radius 1 is 1.09 bits per heavy atom. The number of carbonyl (C=O) groups is 1. The molecule has 3 rings (SSSR count). The number of nitrogens with one attached hydrogen (secondary N) is 1. The van der Waals surface area contributed by atoms with E-state index in [9.17, 15) is 9.18 Å². The van der Waals surface area contributed by atoms with Crippen molar-refractivity contribution in [2.24, 2.45) is 5.10 Å². The van der Waals surface area contributed by atoms with Gasteiger partial charge in [-0.15, -0.1) is 0 Å². The van der Waals surface area contributed by atoms with Crippen LogP contribution in [0.25, 0.3) is 0 Å². The Labute approximate surface area is 207 Å². The van der Waals surface area contributed by atoms with Gasteiger partial charge >= 0.3 is 0 Å². The molecule has 1 N–H and O–H groups in total. The molecule has 0 aliphatic rings. The van der Waals surface area contributed by atoms with Gasteiger partial charge in [0.1, 0.15) is 18.2 Å². The Morgan fingerprint density at radius 2 is 1.81 bits per heavy atom. The predicted octanol–water partition coefficient (Wildman–Crippen LogP) is 5.55. The van der Waals surface area contributed by atoms with Crippen molar-refractivity contribution in [3.63, 3.8) is 0 Å². The first-order valence-electron chi connectivity index (χ1n) is 9.33. The van der Waals surface area contributed by atoms with E-state index in [4.69, 9.17) is 14.2 Å². The van der Waals surface area contributed by atoms with Crippen LogP contribution < -0.4 is 19.6 Å². The molecule has 3 aromatic carbocycles. The predicted molar refractivity (Wildman–Crippen MR) is 132 cm³/mol. The minimum Gasteiger partial charge on any atom is -0.496 e. The highest BCUT2D eigenvalue weighted by molar-refractivity contribution is 14.1. The van der Waals surface area contributed by atoms with Crippen molar-refractivity contribution in [3.05, 3.63) is 85.1 Å². The van der Waals surface area contributed by atoms with Gasteiger partial charge in [-0.3, -0.25) is 4.79 Å². The molecule has 32 heavy (non-hydrogen) atoms. The minimum absolute atomic E-state index is 0.268. The Bertz CT molecular complexity index is 1140. The lowest BCUT2D eigenvalue weighted by molar-refractivity contribution is 0.0952. The second kappa shape index (κ2) is 11.3. The van der Waals surface area contributed by atoms with Crippen LogP contribution in [0.2, 0.25) is 0 Å². The molecule has 0 aliphatic carbocycles. The molecule has 3 aromatic rings. The summed E-state index contributed by atoms with van der Waals surface area (Å²) < 4.78 is 31.2. The van der Waals surface area contributed by atoms with Crippen LogP contribution in [0.3, 0.4) is 0 Å². The molecule has 0 atom stereocenters. The number of amides is 1. The highest BCUT2D eigenvalue weighted by atomic mass is 127. The normalized spacial score (nSPS) is 10.8. The van der Waals surface area contributed by atoms with E-state index in [-0.39, 0.29) is 12.4 Å². The van der Waals surface area contributed by atoms with Crippen molar-refractivity contribution in [2.75, 3.05) is 14.2 Å². The first kappa shape index (κ1) is 24.0. The van der Waals surface area contributed by atoms with E-state index in [0.29, 0.717) is 28.4 Å². The van der Waals surface area contributed by atoms with Gasteiger partial charge in [-0.25, -0.2) is 9.82 Å². The van der Waals surface area contributed by atoms with E-state index >= 15 is 0 Å². The average Bonchev–Trinajstić information content (AvgIpc) is 2.79. The minimum atomic E-state index is -0.402. The lowest BCUT2D eigenvalue weighted by atomic mass is 10.2. The van der Waals surface area contributed by atoms with Crippen LogP contribution in [0.1, 0.15) is 21.5 Å². The second-order valence-electron chi connectivity index (χ2n) is 6.49. The van der Waals surface area contributed by atoms with E-state index in [1.807, 2.05) is 6.07 Å². The zero-order valence-corrected chi connectivity index (χ0v) is 20.9. The third-order valence-corrected chi connectivity index (χ3v) is 5.63. The maximum atomic E-state index is 13.1. The summed E-state index contributed by atoms with van der Waals surface area (Å²) in [6.45, 7) is 0.268. The van der Waals surface area contributed by atoms with Crippen molar-refractivity contribution >= 4 is 50.6 Å². The highest BCUT2D eigenvalue weighted by Crippen LogP contribution is 2.34. The maximum Gasteiger partial charge on any atom is 0.275 e. The molecule has 0 unspecified atom stereocenters. The van der Waals surface area contributed by atoms with Crippen LogP contribution in [0.4, 0.5) is 4.39 Å². The molecule has 0 radical (unpaired) electrons. The van der Waals surface area contributed by atoms with E-state index in [2.05, 4.69) is 49.0 Å². The molecule has 0 bridgehead atoms. The van der Waals surface area contributed by atoms with Gasteiger partial charge in [0.15, 0.2) is 11.5 Å². The topological polar surface area (TPSA) is 69.2 Å². The van der Waals surface area contributed by atoms with Crippen LogP contribution in [0.15, 0.2) is 64.2 Å². The van der Waals surface area contributed by atoms with E-state index in [1.54, 1.807) is 43.5 Å². The Hall–Kier alpha value is -2.66. The molecular weight excluding hydrogens is 594 g/mol. The molecule has 0 aromatic heterocycles. The summed E-state index contributed by atoms with van der Waals surface area (Å²) in [6, 6.07) is 14.8. The summed E-state index contributed by atoms with van der Waals surface area (Å²) in [6.07, 6.45) is 1.51. The number of benzene rings is 3. The number of hydrogen-bond acceptors (Lipinski definition) is 5. The van der Waals surface area contributed by atoms with E-state index in [0.717, 1.165) is 13.6 Å². The summed E-state index contributed by atoms with van der Waals surface area (Å²) >= 11 is 5.48. The summed E-state index contributed by atoms with van der Waals surface area (Å²) in [5.74, 6) is 0.827. The summed E-state index contributed by atoms with van der Waals surface area (Å²) in [5.41, 5.74) is 4.40. The molecule has 1 amide bonds. The van der Waals surface area contributed by atoms with Crippen LogP contribution in [-0.4, -0.2) is 26.3 Å². The van der Waals surface area contributed by atoms with Gasteiger partial charge in [0, 0.05) is 4.47 Å². The zero-order chi connectivity index (χ0) is 23.1. The van der Waals surface area contributed by atoms with Gasteiger partial charge in [-0.1, -0.05) is 28.1 Å². The first-order chi connectivity index (χ1) is 15.4. The third kappa shape index (κ3) is 6.19. The molecule has 0 heterocycles. The van der Waals surface area contributed by atoms with Gasteiger partial charge < -0.3 is 14.2 Å². The largest absolute Gasteiger partial charge is 0.496 e. The molecule has 6 nitrogen and oxygen atoms in total. The van der Waals surface area contributed by atoms with Gasteiger partial charge in [0.25, 0.3) is 5.91 Å². The van der Waals surface area contributed by atoms with Crippen molar-refractivity contribution < 1.29 is 23.4 Å². The fraction of sp³-hybridized carbons (Fsp3) is 0.130. The number of methoxy groups -OCH3 is 2. The van der Waals surface area contributed by atoms with Crippen LogP contribution in [-0.2, 0) is 6.61 Å². The Balaban J connectivity index is 1.71. The Kier molecular flexibility index (Phi) is 8.46. The van der Waals surface area contributed by atoms with Gasteiger partial charge in [0.2, 0.25) is 0 Å². The first-order valence-corrected chi connectivity index (χ1v) is 11.2. The van der Waals surface area contributed by atoms with Crippen molar-refractivity contribution in [1.29, 1.82) is 0 Å². The second-order valence-corrected chi connectivity index (χ2v) is 8.57. The SMILES string of the molecule is COc1ccc(Br)cc1C(=O)N/N=C\c1cc(I)c(OCc2ccc(F)cc2)c(OC)c1. The number of rotatable bonds is 8. The molecular formula is C23H19BrFIN2O4. The molecule has 0 aliphatic heterocycles. The number of halogens is 3. The molecule has 0 saturated carbocycles. The fourth-order valence-electron chi connectivity index (χ4n) is 2.77. The van der Waals surface area contributed by atoms with Crippen molar-refractivity contribution in [1.82, 2.24) is 5.43 Å². The lowest BCUT2D eigenvalue weighted by Crippen LogP contribution is -2.18. The van der Waals surface area contributed by atoms with Gasteiger partial charge in [-0.2, -0.15) is 5.10 Å². The smallest absolute Gasteiger partial charge is 0.275 e. The summed E-state index contributed by atoms with van der Waals surface area (Å²) in [7, 11) is 3.04. The van der Waals surface area contributed by atoms with E-state index in [1.165, 1.54) is 25.5 Å². The fourth-order valence-corrected chi connectivity index (χ4v) is 3.92. The van der Waals surface area contributed by atoms with Gasteiger partial charge in [-0.05, 0) is 76.2 Å². The maximum absolute atomic E-state index is 13.1. The average molecular weight is 613 g/mol. The van der Waals surface area contributed by atoms with Crippen molar-refractivity contribution in [3.8, 4) is 17.2 Å². The van der Waals surface area contributed by atoms with Crippen LogP contribution in [0.5, 0.6) is 17.2 Å². The molecule has 0 spiro atoms. The summed E-state index contributed by atoms with van der Waals surface area (Å²) in [5, 5.41) is 4.04.